The van der Waals surface area contributed by atoms with Gasteiger partial charge in [0.15, 0.2) is 16.6 Å². The van der Waals surface area contributed by atoms with Crippen LogP contribution in [0.25, 0.3) is 11.0 Å². The highest BCUT2D eigenvalue weighted by atomic mass is 28.4. The molecule has 0 saturated carbocycles. The van der Waals surface area contributed by atoms with Crippen LogP contribution < -0.4 is 0 Å². The number of amides is 1. The normalized spacial score (nSPS) is 13.7. The van der Waals surface area contributed by atoms with E-state index in [1.165, 1.54) is 0 Å². The second kappa shape index (κ2) is 11.5. The molecule has 1 unspecified atom stereocenters. The Morgan fingerprint density at radius 2 is 1.56 bits per heavy atom. The smallest absolute Gasteiger partial charge is 0.220 e. The average Bonchev–Trinajstić information content (AvgIpc) is 3.09. The molecule has 0 aliphatic heterocycles. The van der Waals surface area contributed by atoms with Gasteiger partial charge in [0.2, 0.25) is 5.91 Å². The van der Waals surface area contributed by atoms with Crippen molar-refractivity contribution in [3.8, 4) is 0 Å². The fourth-order valence-corrected chi connectivity index (χ4v) is 4.80. The zero-order chi connectivity index (χ0) is 23.9. The third-order valence-electron chi connectivity index (χ3n) is 5.19. The zero-order valence-electron chi connectivity index (χ0n) is 21.1. The molecule has 1 aromatic heterocycles. The number of fused-ring (bicyclic) bond motifs is 1. The van der Waals surface area contributed by atoms with E-state index in [-0.39, 0.29) is 12.1 Å². The van der Waals surface area contributed by atoms with Crippen LogP contribution in [0.1, 0.15) is 19.5 Å². The molecular formula is C22H41N5O3Si2. The molecule has 0 radical (unpaired) electrons. The van der Waals surface area contributed by atoms with Gasteiger partial charge < -0.3 is 13.8 Å². The number of para-hydroxylation sites is 1. The number of carbonyl (C=O) groups is 1. The molecule has 1 atom stereocenters. The van der Waals surface area contributed by atoms with Gasteiger partial charge in [-0.05, 0) is 51.4 Å². The molecule has 0 N–H and O–H groups in total. The Bertz CT molecular complexity index is 843. The summed E-state index contributed by atoms with van der Waals surface area (Å²) < 4.78 is 14.1. The molecule has 10 heteroatoms. The first kappa shape index (κ1) is 26.7. The SMILES string of the molecule is CC(=O)N(C)C(CCN(CCO[Si](C)(C)C)CCO[Si](C)(C)C)n1nnc2ccccc21. The van der Waals surface area contributed by atoms with Gasteiger partial charge in [-0.15, -0.1) is 5.10 Å². The number of carbonyl (C=O) groups excluding carboxylic acids is 1. The predicted molar refractivity (Wildman–Crippen MR) is 135 cm³/mol. The molecule has 2 aromatic rings. The van der Waals surface area contributed by atoms with Gasteiger partial charge >= 0.3 is 0 Å². The summed E-state index contributed by atoms with van der Waals surface area (Å²) in [7, 11) is -1.30. The molecule has 0 fully saturated rings. The Morgan fingerprint density at radius 3 is 2.09 bits per heavy atom. The minimum absolute atomic E-state index is 0.00487. The van der Waals surface area contributed by atoms with Gasteiger partial charge in [0.1, 0.15) is 11.7 Å². The molecule has 1 heterocycles. The van der Waals surface area contributed by atoms with Crippen molar-refractivity contribution >= 4 is 33.6 Å². The Kier molecular flexibility index (Phi) is 9.58. The predicted octanol–water partition coefficient (Wildman–Crippen LogP) is 3.80. The lowest BCUT2D eigenvalue weighted by Crippen LogP contribution is -2.40. The van der Waals surface area contributed by atoms with E-state index in [4.69, 9.17) is 8.85 Å². The van der Waals surface area contributed by atoms with Crippen LogP contribution in [0.4, 0.5) is 0 Å². The molecule has 0 aliphatic carbocycles. The van der Waals surface area contributed by atoms with Gasteiger partial charge in [-0.25, -0.2) is 4.68 Å². The van der Waals surface area contributed by atoms with Crippen molar-refractivity contribution in [2.24, 2.45) is 0 Å². The molecular weight excluding hydrogens is 438 g/mol. The minimum Gasteiger partial charge on any atom is -0.416 e. The molecule has 1 amide bonds. The molecule has 1 aromatic carbocycles. The Labute approximate surface area is 195 Å². The largest absolute Gasteiger partial charge is 0.416 e. The summed E-state index contributed by atoms with van der Waals surface area (Å²) in [5.41, 5.74) is 1.76. The second-order valence-corrected chi connectivity index (χ2v) is 19.2. The summed E-state index contributed by atoms with van der Waals surface area (Å²) >= 11 is 0. The standard InChI is InChI=1S/C22H41N5O3Si2/c1-19(28)25(2)22(27-21-12-10-9-11-20(21)23-24-27)13-14-26(15-17-29-31(3,4)5)16-18-30-32(6,7)8/h9-12,22H,13-18H2,1-8H3. The van der Waals surface area contributed by atoms with Crippen LogP contribution in [-0.4, -0.2) is 87.2 Å². The maximum absolute atomic E-state index is 12.2. The van der Waals surface area contributed by atoms with E-state index in [2.05, 4.69) is 54.5 Å². The van der Waals surface area contributed by atoms with Gasteiger partial charge in [-0.2, -0.15) is 0 Å². The monoisotopic (exact) mass is 479 g/mol. The maximum Gasteiger partial charge on any atom is 0.220 e. The Morgan fingerprint density at radius 1 is 1.00 bits per heavy atom. The van der Waals surface area contributed by atoms with Crippen molar-refractivity contribution < 1.29 is 13.6 Å². The van der Waals surface area contributed by atoms with E-state index in [0.29, 0.717) is 13.2 Å². The molecule has 0 saturated heterocycles. The second-order valence-electron chi connectivity index (χ2n) is 10.2. The van der Waals surface area contributed by atoms with Crippen LogP contribution in [0, 0.1) is 0 Å². The fraction of sp³-hybridized carbons (Fsp3) is 0.682. The Hall–Kier alpha value is -1.60. The lowest BCUT2D eigenvalue weighted by atomic mass is 10.2. The third-order valence-corrected chi connectivity index (χ3v) is 7.33. The van der Waals surface area contributed by atoms with Crippen molar-refractivity contribution in [1.29, 1.82) is 0 Å². The summed E-state index contributed by atoms with van der Waals surface area (Å²) in [6.45, 7) is 18.7. The molecule has 180 valence electrons. The van der Waals surface area contributed by atoms with E-state index in [0.717, 1.165) is 37.1 Å². The van der Waals surface area contributed by atoms with Crippen molar-refractivity contribution in [3.05, 3.63) is 24.3 Å². The van der Waals surface area contributed by atoms with E-state index < -0.39 is 16.6 Å². The van der Waals surface area contributed by atoms with Crippen LogP contribution in [0.15, 0.2) is 24.3 Å². The molecule has 8 nitrogen and oxygen atoms in total. The first-order valence-electron chi connectivity index (χ1n) is 11.4. The lowest BCUT2D eigenvalue weighted by molar-refractivity contribution is -0.131. The van der Waals surface area contributed by atoms with Gasteiger partial charge in [0.05, 0.1) is 5.52 Å². The van der Waals surface area contributed by atoms with Gasteiger partial charge in [-0.1, -0.05) is 17.3 Å². The van der Waals surface area contributed by atoms with Gasteiger partial charge in [-0.3, -0.25) is 9.69 Å². The fourth-order valence-electron chi connectivity index (χ4n) is 3.39. The molecule has 0 aliphatic rings. The summed E-state index contributed by atoms with van der Waals surface area (Å²) in [6, 6.07) is 7.86. The quantitative estimate of drug-likeness (QED) is 0.407. The van der Waals surface area contributed by atoms with E-state index >= 15 is 0 Å². The van der Waals surface area contributed by atoms with Gasteiger partial charge in [0.25, 0.3) is 0 Å². The summed E-state index contributed by atoms with van der Waals surface area (Å²) in [6.07, 6.45) is 0.529. The lowest BCUT2D eigenvalue weighted by Gasteiger charge is -2.31. The number of benzene rings is 1. The van der Waals surface area contributed by atoms with Crippen LogP contribution >= 0.6 is 0 Å². The van der Waals surface area contributed by atoms with Crippen molar-refractivity contribution in [1.82, 2.24) is 24.8 Å². The topological polar surface area (TPSA) is 72.7 Å². The first-order valence-corrected chi connectivity index (χ1v) is 18.2. The number of rotatable bonds is 13. The summed E-state index contributed by atoms with van der Waals surface area (Å²) in [5.74, 6) is 0.00487. The van der Waals surface area contributed by atoms with Crippen LogP contribution in [0.3, 0.4) is 0 Å². The molecule has 0 spiro atoms. The number of nitrogens with zero attached hydrogens (tertiary/aromatic N) is 5. The van der Waals surface area contributed by atoms with Crippen LogP contribution in [-0.2, 0) is 13.6 Å². The molecule has 0 bridgehead atoms. The highest BCUT2D eigenvalue weighted by Gasteiger charge is 2.24. The van der Waals surface area contributed by atoms with Crippen molar-refractivity contribution in [2.75, 3.05) is 39.9 Å². The highest BCUT2D eigenvalue weighted by Crippen LogP contribution is 2.21. The zero-order valence-corrected chi connectivity index (χ0v) is 23.1. The van der Waals surface area contributed by atoms with E-state index in [9.17, 15) is 4.79 Å². The average molecular weight is 480 g/mol. The van der Waals surface area contributed by atoms with Crippen molar-refractivity contribution in [3.63, 3.8) is 0 Å². The van der Waals surface area contributed by atoms with Gasteiger partial charge in [0, 0.05) is 53.2 Å². The van der Waals surface area contributed by atoms with E-state index in [1.807, 2.05) is 36.0 Å². The summed E-state index contributed by atoms with van der Waals surface area (Å²) in [5, 5.41) is 8.67. The maximum atomic E-state index is 12.2. The molecule has 32 heavy (non-hydrogen) atoms. The van der Waals surface area contributed by atoms with E-state index in [1.54, 1.807) is 11.8 Å². The van der Waals surface area contributed by atoms with Crippen LogP contribution in [0.5, 0.6) is 0 Å². The van der Waals surface area contributed by atoms with Crippen molar-refractivity contribution in [2.45, 2.75) is 58.8 Å². The first-order chi connectivity index (χ1) is 14.9. The third kappa shape index (κ3) is 8.74. The van der Waals surface area contributed by atoms with Crippen LogP contribution in [0.2, 0.25) is 39.3 Å². The number of hydrogen-bond acceptors (Lipinski definition) is 6. The minimum atomic E-state index is -1.56. The Balaban J connectivity index is 2.13. The number of hydrogen-bond donors (Lipinski definition) is 0. The number of aromatic nitrogens is 3. The summed E-state index contributed by atoms with van der Waals surface area (Å²) in [4.78, 5) is 16.4. The highest BCUT2D eigenvalue weighted by molar-refractivity contribution is 6.70. The molecule has 2 rings (SSSR count).